The van der Waals surface area contributed by atoms with Gasteiger partial charge in [-0.3, -0.25) is 0 Å². The minimum absolute atomic E-state index is 0.290. The Morgan fingerprint density at radius 2 is 1.95 bits per heavy atom. The van der Waals surface area contributed by atoms with E-state index in [0.29, 0.717) is 19.7 Å². The fourth-order valence-electron chi connectivity index (χ4n) is 2.56. The number of benzene rings is 2. The van der Waals surface area contributed by atoms with E-state index < -0.39 is 0 Å². The van der Waals surface area contributed by atoms with Crippen molar-refractivity contribution < 1.29 is 9.53 Å². The Morgan fingerprint density at radius 3 is 2.73 bits per heavy atom. The van der Waals surface area contributed by atoms with E-state index in [1.54, 1.807) is 4.90 Å². The van der Waals surface area contributed by atoms with Gasteiger partial charge in [-0.15, -0.1) is 0 Å². The summed E-state index contributed by atoms with van der Waals surface area (Å²) in [6.07, 6.45) is 0.454. The van der Waals surface area contributed by atoms with Gasteiger partial charge in [0.2, 0.25) is 0 Å². The van der Waals surface area contributed by atoms with Crippen molar-refractivity contribution in [1.82, 2.24) is 4.90 Å². The van der Waals surface area contributed by atoms with Gasteiger partial charge in [-0.05, 0) is 35.2 Å². The summed E-state index contributed by atoms with van der Waals surface area (Å²) in [6, 6.07) is 13.5. The van der Waals surface area contributed by atoms with Crippen molar-refractivity contribution in [2.75, 3.05) is 6.54 Å². The topological polar surface area (TPSA) is 29.5 Å². The van der Waals surface area contributed by atoms with Crippen molar-refractivity contribution in [2.24, 2.45) is 0 Å². The summed E-state index contributed by atoms with van der Waals surface area (Å²) in [5.41, 5.74) is 3.16. The first-order valence-electron chi connectivity index (χ1n) is 7.06. The first-order valence-corrected chi connectivity index (χ1v) is 8.23. The molecular formula is C17H15BrClNO2. The third-order valence-electron chi connectivity index (χ3n) is 3.76. The van der Waals surface area contributed by atoms with Gasteiger partial charge in [0.1, 0.15) is 6.61 Å². The summed E-state index contributed by atoms with van der Waals surface area (Å²) < 4.78 is 6.37. The lowest BCUT2D eigenvalue weighted by atomic mass is 10.00. The molecule has 3 rings (SSSR count). The van der Waals surface area contributed by atoms with Crippen LogP contribution in [0.3, 0.4) is 0 Å². The Morgan fingerprint density at radius 1 is 1.18 bits per heavy atom. The number of carbonyl (C=O) groups is 1. The van der Waals surface area contributed by atoms with Crippen LogP contribution in [-0.2, 0) is 24.3 Å². The lowest BCUT2D eigenvalue weighted by molar-refractivity contribution is 0.0918. The highest BCUT2D eigenvalue weighted by molar-refractivity contribution is 9.10. The number of rotatable bonds is 2. The van der Waals surface area contributed by atoms with Crippen LogP contribution in [0.15, 0.2) is 46.9 Å². The Labute approximate surface area is 143 Å². The summed E-state index contributed by atoms with van der Waals surface area (Å²) >= 11 is 9.76. The maximum atomic E-state index is 12.2. The third-order valence-corrected chi connectivity index (χ3v) is 4.86. The first kappa shape index (κ1) is 15.4. The van der Waals surface area contributed by atoms with E-state index in [9.17, 15) is 4.79 Å². The van der Waals surface area contributed by atoms with E-state index in [1.165, 1.54) is 0 Å². The molecule has 0 radical (unpaired) electrons. The van der Waals surface area contributed by atoms with Crippen molar-refractivity contribution in [3.8, 4) is 0 Å². The van der Waals surface area contributed by atoms with Gasteiger partial charge in [0.25, 0.3) is 0 Å². The quantitative estimate of drug-likeness (QED) is 0.749. The van der Waals surface area contributed by atoms with Gasteiger partial charge in [-0.1, -0.05) is 57.9 Å². The van der Waals surface area contributed by atoms with Crippen molar-refractivity contribution in [3.63, 3.8) is 0 Å². The molecule has 1 aliphatic heterocycles. The molecular weight excluding hydrogens is 366 g/mol. The van der Waals surface area contributed by atoms with E-state index >= 15 is 0 Å². The minimum Gasteiger partial charge on any atom is -0.445 e. The molecule has 1 aliphatic rings. The highest BCUT2D eigenvalue weighted by Gasteiger charge is 2.24. The fraction of sp³-hybridized carbons (Fsp3) is 0.235. The molecule has 0 fully saturated rings. The summed E-state index contributed by atoms with van der Waals surface area (Å²) in [6.45, 7) is 1.43. The molecule has 0 spiro atoms. The van der Waals surface area contributed by atoms with Crippen LogP contribution >= 0.6 is 27.5 Å². The molecule has 1 heterocycles. The minimum atomic E-state index is -0.290. The smallest absolute Gasteiger partial charge is 0.410 e. The number of hydrogen-bond acceptors (Lipinski definition) is 2. The van der Waals surface area contributed by atoms with E-state index in [0.717, 1.165) is 32.6 Å². The van der Waals surface area contributed by atoms with Crippen LogP contribution in [0.4, 0.5) is 4.79 Å². The lowest BCUT2D eigenvalue weighted by Crippen LogP contribution is -2.36. The highest BCUT2D eigenvalue weighted by Crippen LogP contribution is 2.32. The molecule has 0 aromatic heterocycles. The molecule has 0 bridgehead atoms. The zero-order chi connectivity index (χ0) is 15.5. The molecule has 0 saturated heterocycles. The molecule has 3 nitrogen and oxygen atoms in total. The number of nitrogens with zero attached hydrogens (tertiary/aromatic N) is 1. The molecule has 2 aromatic rings. The van der Waals surface area contributed by atoms with Crippen LogP contribution in [-0.4, -0.2) is 17.5 Å². The van der Waals surface area contributed by atoms with Crippen molar-refractivity contribution in [1.29, 1.82) is 0 Å². The summed E-state index contributed by atoms with van der Waals surface area (Å²) in [7, 11) is 0. The number of amides is 1. The predicted octanol–water partition coefficient (Wildman–Crippen LogP) is 4.80. The highest BCUT2D eigenvalue weighted by atomic mass is 79.9. The van der Waals surface area contributed by atoms with E-state index in [-0.39, 0.29) is 6.09 Å². The second-order valence-corrected chi connectivity index (χ2v) is 6.46. The standard InChI is InChI=1S/C17H15BrClNO2/c18-15-6-7-16(19)13-8-9-20(10-14(13)15)17(21)22-11-12-4-2-1-3-5-12/h1-7H,8-11H2. The van der Waals surface area contributed by atoms with Gasteiger partial charge in [0.15, 0.2) is 0 Å². The molecule has 0 unspecified atom stereocenters. The summed E-state index contributed by atoms with van der Waals surface area (Å²) in [5.74, 6) is 0. The second kappa shape index (κ2) is 6.71. The average Bonchev–Trinajstić information content (AvgIpc) is 2.57. The Kier molecular flexibility index (Phi) is 4.69. The summed E-state index contributed by atoms with van der Waals surface area (Å²) in [5, 5.41) is 0.760. The van der Waals surface area contributed by atoms with Gasteiger partial charge < -0.3 is 9.64 Å². The SMILES string of the molecule is O=C(OCc1ccccc1)N1CCc2c(Cl)ccc(Br)c2C1. The van der Waals surface area contributed by atoms with Gasteiger partial charge in [-0.2, -0.15) is 0 Å². The predicted molar refractivity (Wildman–Crippen MR) is 89.9 cm³/mol. The van der Waals surface area contributed by atoms with Crippen LogP contribution in [0.25, 0.3) is 0 Å². The van der Waals surface area contributed by atoms with Crippen molar-refractivity contribution in [2.45, 2.75) is 19.6 Å². The van der Waals surface area contributed by atoms with Crippen LogP contribution in [0.2, 0.25) is 5.02 Å². The molecule has 0 N–H and O–H groups in total. The van der Waals surface area contributed by atoms with Gasteiger partial charge in [-0.25, -0.2) is 4.79 Å². The Balaban J connectivity index is 1.67. The molecule has 0 atom stereocenters. The maximum Gasteiger partial charge on any atom is 0.410 e. The zero-order valence-electron chi connectivity index (χ0n) is 11.9. The number of hydrogen-bond donors (Lipinski definition) is 0. The van der Waals surface area contributed by atoms with Gasteiger partial charge in [0, 0.05) is 16.0 Å². The van der Waals surface area contributed by atoms with Crippen LogP contribution in [0.5, 0.6) is 0 Å². The second-order valence-electron chi connectivity index (χ2n) is 5.20. The number of fused-ring (bicyclic) bond motifs is 1. The van der Waals surface area contributed by atoms with Crippen molar-refractivity contribution >= 4 is 33.6 Å². The lowest BCUT2D eigenvalue weighted by Gasteiger charge is -2.29. The largest absolute Gasteiger partial charge is 0.445 e. The van der Waals surface area contributed by atoms with Crippen LogP contribution < -0.4 is 0 Å². The molecule has 2 aromatic carbocycles. The third kappa shape index (κ3) is 3.28. The molecule has 0 aliphatic carbocycles. The maximum absolute atomic E-state index is 12.2. The Bertz CT molecular complexity index is 691. The Hall–Kier alpha value is -1.52. The first-order chi connectivity index (χ1) is 10.6. The van der Waals surface area contributed by atoms with E-state index in [1.807, 2.05) is 42.5 Å². The monoisotopic (exact) mass is 379 g/mol. The van der Waals surface area contributed by atoms with Gasteiger partial charge in [0.05, 0.1) is 6.54 Å². The number of carbonyl (C=O) groups excluding carboxylic acids is 1. The fourth-order valence-corrected chi connectivity index (χ4v) is 3.33. The molecule has 0 saturated carbocycles. The van der Waals surface area contributed by atoms with E-state index in [2.05, 4.69) is 15.9 Å². The molecule has 1 amide bonds. The van der Waals surface area contributed by atoms with Crippen LogP contribution in [0, 0.1) is 0 Å². The summed E-state index contributed by atoms with van der Waals surface area (Å²) in [4.78, 5) is 13.9. The zero-order valence-corrected chi connectivity index (χ0v) is 14.2. The van der Waals surface area contributed by atoms with Crippen LogP contribution in [0.1, 0.15) is 16.7 Å². The molecule has 114 valence electrons. The number of halogens is 2. The normalized spacial score (nSPS) is 13.6. The molecule has 22 heavy (non-hydrogen) atoms. The van der Waals surface area contributed by atoms with Crippen molar-refractivity contribution in [3.05, 3.63) is 68.7 Å². The van der Waals surface area contributed by atoms with E-state index in [4.69, 9.17) is 16.3 Å². The average molecular weight is 381 g/mol. The van der Waals surface area contributed by atoms with Gasteiger partial charge >= 0.3 is 6.09 Å². The number of ether oxygens (including phenoxy) is 1. The molecule has 5 heteroatoms.